The highest BCUT2D eigenvalue weighted by molar-refractivity contribution is 7.86. The van der Waals surface area contributed by atoms with Gasteiger partial charge in [0.15, 0.2) is 5.13 Å². The van der Waals surface area contributed by atoms with Gasteiger partial charge >= 0.3 is 6.09 Å². The first-order valence-corrected chi connectivity index (χ1v) is 10.5. The number of nitrogens with one attached hydrogen (secondary N) is 2. The van der Waals surface area contributed by atoms with Crippen molar-refractivity contribution in [1.82, 2.24) is 15.2 Å². The van der Waals surface area contributed by atoms with Crippen molar-refractivity contribution in [2.45, 2.75) is 4.21 Å². The highest BCUT2D eigenvalue weighted by Gasteiger charge is 2.19. The fourth-order valence-electron chi connectivity index (χ4n) is 1.93. The van der Waals surface area contributed by atoms with Crippen LogP contribution >= 0.6 is 22.9 Å². The minimum Gasteiger partial charge on any atom is -0.409 e. The number of anilines is 1. The van der Waals surface area contributed by atoms with Gasteiger partial charge in [0, 0.05) is 31.4 Å². The van der Waals surface area contributed by atoms with Crippen molar-refractivity contribution in [1.29, 1.82) is 0 Å². The van der Waals surface area contributed by atoms with Crippen LogP contribution in [0.5, 0.6) is 5.75 Å². The van der Waals surface area contributed by atoms with Crippen LogP contribution in [0.4, 0.5) is 9.93 Å². The van der Waals surface area contributed by atoms with E-state index in [0.29, 0.717) is 22.3 Å². The number of benzene rings is 1. The lowest BCUT2D eigenvalue weighted by Crippen LogP contribution is -2.35. The smallest absolute Gasteiger partial charge is 0.409 e. The third kappa shape index (κ3) is 5.99. The van der Waals surface area contributed by atoms with Gasteiger partial charge in [0.25, 0.3) is 5.91 Å². The number of likely N-dealkylation sites (N-methyl/N-ethyl adjacent to an activating group) is 2. The molecule has 2 amide bonds. The molecule has 0 aliphatic carbocycles. The first kappa shape index (κ1) is 21.3. The van der Waals surface area contributed by atoms with E-state index in [1.165, 1.54) is 35.6 Å². The van der Waals surface area contributed by atoms with E-state index in [4.69, 9.17) is 16.3 Å². The zero-order valence-electron chi connectivity index (χ0n) is 14.9. The molecule has 0 radical (unpaired) electrons. The number of carbonyl (C=O) groups is 2. The van der Waals surface area contributed by atoms with Gasteiger partial charge in [-0.05, 0) is 25.2 Å². The maximum atomic E-state index is 12.6. The van der Waals surface area contributed by atoms with Gasteiger partial charge in [-0.3, -0.25) is 14.3 Å². The van der Waals surface area contributed by atoms with Crippen LogP contribution in [0.15, 0.2) is 28.6 Å². The summed E-state index contributed by atoms with van der Waals surface area (Å²) in [6.45, 7) is 1.05. The number of aromatic nitrogens is 1. The molecule has 1 aromatic carbocycles. The van der Waals surface area contributed by atoms with Crippen molar-refractivity contribution in [2.24, 2.45) is 0 Å². The van der Waals surface area contributed by atoms with Crippen LogP contribution in [0.25, 0.3) is 0 Å². The van der Waals surface area contributed by atoms with Gasteiger partial charge in [-0.2, -0.15) is 0 Å². The molecule has 0 saturated heterocycles. The summed E-state index contributed by atoms with van der Waals surface area (Å²) < 4.78 is 17.3. The Bertz CT molecular complexity index is 859. The number of hydrogen-bond acceptors (Lipinski definition) is 7. The lowest BCUT2D eigenvalue weighted by molar-refractivity contribution is 0.102. The third-order valence-corrected chi connectivity index (χ3v) is 5.95. The molecule has 0 fully saturated rings. The molecule has 2 aromatic rings. The summed E-state index contributed by atoms with van der Waals surface area (Å²) in [7, 11) is 2.18. The minimum absolute atomic E-state index is 0.0778. The molecule has 0 spiro atoms. The van der Waals surface area contributed by atoms with Gasteiger partial charge < -0.3 is 15.0 Å². The number of ether oxygens (including phenoxy) is 1. The van der Waals surface area contributed by atoms with Crippen molar-refractivity contribution >= 4 is 50.9 Å². The predicted molar refractivity (Wildman–Crippen MR) is 106 cm³/mol. The van der Waals surface area contributed by atoms with Crippen LogP contribution in [0.2, 0.25) is 5.02 Å². The van der Waals surface area contributed by atoms with Crippen LogP contribution in [0, 0.1) is 0 Å². The number of amides is 2. The lowest BCUT2D eigenvalue weighted by Gasteiger charge is -2.17. The average molecular weight is 431 g/mol. The van der Waals surface area contributed by atoms with Crippen LogP contribution in [-0.4, -0.2) is 59.5 Å². The van der Waals surface area contributed by atoms with E-state index in [1.807, 2.05) is 0 Å². The molecule has 1 aromatic heterocycles. The van der Waals surface area contributed by atoms with E-state index in [-0.39, 0.29) is 16.4 Å². The Balaban J connectivity index is 2.17. The standard InChI is InChI=1S/C16H19ClN4O4S2/c1-18-6-7-21(2)16(23)25-12-5-4-10(17)8-11(12)14(22)20-15-19-9-13(26-15)27(3)24/h4-5,8-9,18H,6-7H2,1-3H3,(H,19,20,22). The molecule has 0 saturated carbocycles. The Morgan fingerprint density at radius 3 is 2.78 bits per heavy atom. The van der Waals surface area contributed by atoms with Crippen LogP contribution in [-0.2, 0) is 10.8 Å². The van der Waals surface area contributed by atoms with Crippen molar-refractivity contribution in [2.75, 3.05) is 38.8 Å². The fourth-order valence-corrected chi connectivity index (χ4v) is 3.55. The first-order chi connectivity index (χ1) is 12.8. The Labute approximate surface area is 168 Å². The maximum absolute atomic E-state index is 12.6. The number of carbonyl (C=O) groups excluding carboxylic acids is 2. The molecule has 2 rings (SSSR count). The lowest BCUT2D eigenvalue weighted by atomic mass is 10.2. The summed E-state index contributed by atoms with van der Waals surface area (Å²) in [5, 5.41) is 6.13. The normalized spacial score (nSPS) is 11.7. The second kappa shape index (κ2) is 9.79. The molecular formula is C16H19ClN4O4S2. The predicted octanol–water partition coefficient (Wildman–Crippen LogP) is 2.44. The summed E-state index contributed by atoms with van der Waals surface area (Å²) in [5.74, 6) is -0.463. The summed E-state index contributed by atoms with van der Waals surface area (Å²) in [6, 6.07) is 4.38. The molecule has 8 nitrogen and oxygen atoms in total. The molecule has 11 heteroatoms. The Kier molecular flexibility index (Phi) is 7.72. The SMILES string of the molecule is CNCCN(C)C(=O)Oc1ccc(Cl)cc1C(=O)Nc1ncc(S(C)=O)s1. The van der Waals surface area contributed by atoms with Crippen molar-refractivity contribution in [3.05, 3.63) is 35.0 Å². The largest absolute Gasteiger partial charge is 0.415 e. The Morgan fingerprint density at radius 1 is 1.41 bits per heavy atom. The van der Waals surface area contributed by atoms with Crippen molar-refractivity contribution in [3.8, 4) is 5.75 Å². The zero-order chi connectivity index (χ0) is 20.0. The van der Waals surface area contributed by atoms with Gasteiger partial charge in [-0.25, -0.2) is 9.78 Å². The van der Waals surface area contributed by atoms with E-state index in [0.717, 1.165) is 11.3 Å². The molecule has 27 heavy (non-hydrogen) atoms. The maximum Gasteiger partial charge on any atom is 0.415 e. The van der Waals surface area contributed by atoms with E-state index in [2.05, 4.69) is 15.6 Å². The van der Waals surface area contributed by atoms with Crippen LogP contribution < -0.4 is 15.4 Å². The summed E-state index contributed by atoms with van der Waals surface area (Å²) in [4.78, 5) is 30.2. The number of thiazole rings is 1. The summed E-state index contributed by atoms with van der Waals surface area (Å²) >= 11 is 7.09. The molecular weight excluding hydrogens is 412 g/mol. The number of nitrogens with zero attached hydrogens (tertiary/aromatic N) is 2. The molecule has 1 atom stereocenters. The number of halogens is 1. The quantitative estimate of drug-likeness (QED) is 0.699. The molecule has 0 bridgehead atoms. The first-order valence-electron chi connectivity index (χ1n) is 7.79. The Hall–Kier alpha value is -2.01. The average Bonchev–Trinajstić information content (AvgIpc) is 3.09. The van der Waals surface area contributed by atoms with Crippen molar-refractivity contribution < 1.29 is 18.5 Å². The second-order valence-corrected chi connectivity index (χ2v) is 8.50. The van der Waals surface area contributed by atoms with Gasteiger partial charge in [-0.1, -0.05) is 22.9 Å². The van der Waals surface area contributed by atoms with E-state index >= 15 is 0 Å². The van der Waals surface area contributed by atoms with Crippen LogP contribution in [0.1, 0.15) is 10.4 Å². The fraction of sp³-hybridized carbons (Fsp3) is 0.312. The number of rotatable bonds is 7. The molecule has 1 heterocycles. The van der Waals surface area contributed by atoms with Gasteiger partial charge in [0.1, 0.15) is 9.96 Å². The summed E-state index contributed by atoms with van der Waals surface area (Å²) in [5.41, 5.74) is 0.0900. The molecule has 0 aliphatic rings. The van der Waals surface area contributed by atoms with E-state index in [9.17, 15) is 13.8 Å². The highest BCUT2D eigenvalue weighted by Crippen LogP contribution is 2.26. The number of hydrogen-bond donors (Lipinski definition) is 2. The Morgan fingerprint density at radius 2 is 2.15 bits per heavy atom. The summed E-state index contributed by atoms with van der Waals surface area (Å²) in [6.07, 6.45) is 2.36. The van der Waals surface area contributed by atoms with E-state index < -0.39 is 22.8 Å². The minimum atomic E-state index is -1.19. The van der Waals surface area contributed by atoms with Gasteiger partial charge in [0.05, 0.1) is 22.6 Å². The van der Waals surface area contributed by atoms with Crippen molar-refractivity contribution in [3.63, 3.8) is 0 Å². The highest BCUT2D eigenvalue weighted by atomic mass is 35.5. The van der Waals surface area contributed by atoms with Gasteiger partial charge in [0.2, 0.25) is 0 Å². The topological polar surface area (TPSA) is 101 Å². The van der Waals surface area contributed by atoms with E-state index in [1.54, 1.807) is 14.1 Å². The monoisotopic (exact) mass is 430 g/mol. The molecule has 146 valence electrons. The molecule has 1 unspecified atom stereocenters. The molecule has 0 aliphatic heterocycles. The second-order valence-electron chi connectivity index (χ2n) is 5.43. The van der Waals surface area contributed by atoms with Crippen LogP contribution in [0.3, 0.4) is 0 Å². The zero-order valence-corrected chi connectivity index (χ0v) is 17.3. The van der Waals surface area contributed by atoms with Gasteiger partial charge in [-0.15, -0.1) is 0 Å². The third-order valence-electron chi connectivity index (χ3n) is 3.38. The molecule has 2 N–H and O–H groups in total.